The molecule has 7 nitrogen and oxygen atoms in total. The van der Waals surface area contributed by atoms with Crippen LogP contribution in [0, 0.1) is 0 Å². The highest BCUT2D eigenvalue weighted by atomic mass is 79.9. The van der Waals surface area contributed by atoms with Crippen molar-refractivity contribution in [3.05, 3.63) is 57.6 Å². The first-order valence-corrected chi connectivity index (χ1v) is 8.01. The predicted molar refractivity (Wildman–Crippen MR) is 93.3 cm³/mol. The molecule has 4 rings (SSSR count). The Bertz CT molecular complexity index is 1120. The molecule has 0 aliphatic carbocycles. The third-order valence-electron chi connectivity index (χ3n) is 3.58. The van der Waals surface area contributed by atoms with Gasteiger partial charge in [0.05, 0.1) is 7.11 Å². The molecular weight excluding hydrogens is 390 g/mol. The molecule has 0 radical (unpaired) electrons. The Kier molecular flexibility index (Phi) is 3.81. The van der Waals surface area contributed by atoms with E-state index in [2.05, 4.69) is 31.1 Å². The number of methoxy groups -OCH3 is 1. The Morgan fingerprint density at radius 3 is 2.72 bits per heavy atom. The third kappa shape index (κ3) is 2.80. The molecular formula is C17H10BrN3O4. The van der Waals surface area contributed by atoms with E-state index in [-0.39, 0.29) is 11.5 Å². The van der Waals surface area contributed by atoms with Gasteiger partial charge in [-0.1, -0.05) is 21.1 Å². The van der Waals surface area contributed by atoms with E-state index >= 15 is 0 Å². The fourth-order valence-electron chi connectivity index (χ4n) is 2.42. The molecule has 25 heavy (non-hydrogen) atoms. The normalized spacial score (nSPS) is 11.0. The molecule has 0 bridgehead atoms. The molecule has 0 saturated heterocycles. The fourth-order valence-corrected chi connectivity index (χ4v) is 2.87. The summed E-state index contributed by atoms with van der Waals surface area (Å²) in [5.74, 6) is 0.904. The van der Waals surface area contributed by atoms with Crippen molar-refractivity contribution < 1.29 is 13.7 Å². The number of fused-ring (bicyclic) bond motifs is 1. The summed E-state index contributed by atoms with van der Waals surface area (Å²) < 4.78 is 16.7. The standard InChI is InChI=1S/C17H10BrN3O4/c1-23-13-8-11(18)6-10-7-12(17(22)24-14(10)13)16-20-15(21-25-16)9-2-4-19-5-3-9/h2-8H,1H3. The van der Waals surface area contributed by atoms with E-state index in [1.165, 1.54) is 7.11 Å². The first-order chi connectivity index (χ1) is 12.2. The summed E-state index contributed by atoms with van der Waals surface area (Å²) in [6.07, 6.45) is 3.25. The fraction of sp³-hybridized carbons (Fsp3) is 0.0588. The number of ether oxygens (including phenoxy) is 1. The maximum atomic E-state index is 12.4. The Morgan fingerprint density at radius 2 is 1.96 bits per heavy atom. The Labute approximate surface area is 149 Å². The lowest BCUT2D eigenvalue weighted by atomic mass is 10.1. The van der Waals surface area contributed by atoms with Gasteiger partial charge >= 0.3 is 5.63 Å². The van der Waals surface area contributed by atoms with E-state index in [1.54, 1.807) is 36.7 Å². The van der Waals surface area contributed by atoms with Crippen LogP contribution in [0.4, 0.5) is 0 Å². The van der Waals surface area contributed by atoms with Gasteiger partial charge in [0.2, 0.25) is 5.82 Å². The molecule has 0 aliphatic heterocycles. The molecule has 8 heteroatoms. The van der Waals surface area contributed by atoms with Gasteiger partial charge in [0.1, 0.15) is 5.56 Å². The van der Waals surface area contributed by atoms with E-state index in [1.807, 2.05) is 6.07 Å². The van der Waals surface area contributed by atoms with Gasteiger partial charge in [-0.15, -0.1) is 0 Å². The van der Waals surface area contributed by atoms with Crippen molar-refractivity contribution in [3.8, 4) is 28.6 Å². The molecule has 0 N–H and O–H groups in total. The summed E-state index contributed by atoms with van der Waals surface area (Å²) in [4.78, 5) is 20.6. The SMILES string of the molecule is COc1cc(Br)cc2cc(-c3nc(-c4ccncc4)no3)c(=O)oc12. The van der Waals surface area contributed by atoms with Gasteiger partial charge in [-0.3, -0.25) is 4.98 Å². The molecule has 0 fully saturated rings. The summed E-state index contributed by atoms with van der Waals surface area (Å²) in [5, 5.41) is 4.58. The molecule has 1 aromatic carbocycles. The number of pyridine rings is 1. The second kappa shape index (κ2) is 6.14. The summed E-state index contributed by atoms with van der Waals surface area (Å²) in [5.41, 5.74) is 0.687. The molecule has 0 spiro atoms. The van der Waals surface area contributed by atoms with E-state index in [0.717, 1.165) is 10.0 Å². The van der Waals surface area contributed by atoms with Crippen LogP contribution in [0.2, 0.25) is 0 Å². The lowest BCUT2D eigenvalue weighted by Crippen LogP contribution is -2.03. The molecule has 3 heterocycles. The third-order valence-corrected chi connectivity index (χ3v) is 4.04. The Morgan fingerprint density at radius 1 is 1.16 bits per heavy atom. The number of rotatable bonds is 3. The van der Waals surface area contributed by atoms with E-state index in [0.29, 0.717) is 22.5 Å². The highest BCUT2D eigenvalue weighted by Gasteiger charge is 2.17. The zero-order valence-electron chi connectivity index (χ0n) is 12.9. The Balaban J connectivity index is 1.86. The van der Waals surface area contributed by atoms with E-state index < -0.39 is 5.63 Å². The topological polar surface area (TPSA) is 91.3 Å². The van der Waals surface area contributed by atoms with Gasteiger partial charge in [-0.05, 0) is 30.3 Å². The van der Waals surface area contributed by atoms with Gasteiger partial charge < -0.3 is 13.7 Å². The average molecular weight is 400 g/mol. The van der Waals surface area contributed by atoms with Crippen LogP contribution in [0.15, 0.2) is 60.9 Å². The van der Waals surface area contributed by atoms with Crippen LogP contribution in [-0.2, 0) is 0 Å². The quantitative estimate of drug-likeness (QED) is 0.485. The number of benzene rings is 1. The first-order valence-electron chi connectivity index (χ1n) is 7.21. The van der Waals surface area contributed by atoms with Crippen LogP contribution >= 0.6 is 15.9 Å². The zero-order chi connectivity index (χ0) is 17.4. The molecule has 4 aromatic rings. The number of hydrogen-bond acceptors (Lipinski definition) is 7. The molecule has 0 aliphatic rings. The van der Waals surface area contributed by atoms with Crippen LogP contribution < -0.4 is 10.4 Å². The van der Waals surface area contributed by atoms with Crippen molar-refractivity contribution in [1.82, 2.24) is 15.1 Å². The second-order valence-corrected chi connectivity index (χ2v) is 6.05. The average Bonchev–Trinajstić information content (AvgIpc) is 3.11. The van der Waals surface area contributed by atoms with Gasteiger partial charge in [-0.25, -0.2) is 4.79 Å². The van der Waals surface area contributed by atoms with Crippen LogP contribution in [0.1, 0.15) is 0 Å². The van der Waals surface area contributed by atoms with Crippen molar-refractivity contribution >= 4 is 26.9 Å². The maximum Gasteiger partial charge on any atom is 0.349 e. The van der Waals surface area contributed by atoms with Crippen molar-refractivity contribution in [3.63, 3.8) is 0 Å². The summed E-state index contributed by atoms with van der Waals surface area (Å²) in [6, 6.07) is 8.67. The van der Waals surface area contributed by atoms with Crippen molar-refractivity contribution in [1.29, 1.82) is 0 Å². The zero-order valence-corrected chi connectivity index (χ0v) is 14.5. The van der Waals surface area contributed by atoms with Gasteiger partial charge in [0.15, 0.2) is 11.3 Å². The molecule has 3 aromatic heterocycles. The van der Waals surface area contributed by atoms with Gasteiger partial charge in [0.25, 0.3) is 5.89 Å². The lowest BCUT2D eigenvalue weighted by Gasteiger charge is -2.05. The largest absolute Gasteiger partial charge is 0.493 e. The summed E-state index contributed by atoms with van der Waals surface area (Å²) in [7, 11) is 1.51. The van der Waals surface area contributed by atoms with Crippen molar-refractivity contribution in [2.24, 2.45) is 0 Å². The monoisotopic (exact) mass is 399 g/mol. The highest BCUT2D eigenvalue weighted by Crippen LogP contribution is 2.31. The van der Waals surface area contributed by atoms with Crippen LogP contribution in [0.5, 0.6) is 5.75 Å². The van der Waals surface area contributed by atoms with Crippen molar-refractivity contribution in [2.75, 3.05) is 7.11 Å². The molecule has 0 amide bonds. The molecule has 124 valence electrons. The smallest absolute Gasteiger partial charge is 0.349 e. The Hall–Kier alpha value is -3.00. The lowest BCUT2D eigenvalue weighted by molar-refractivity contribution is 0.405. The van der Waals surface area contributed by atoms with Gasteiger partial charge in [0, 0.05) is 27.8 Å². The number of halogens is 1. The van der Waals surface area contributed by atoms with Crippen LogP contribution in [0.25, 0.3) is 33.8 Å². The summed E-state index contributed by atoms with van der Waals surface area (Å²) >= 11 is 3.40. The predicted octanol–water partition coefficient (Wildman–Crippen LogP) is 3.68. The van der Waals surface area contributed by atoms with Gasteiger partial charge in [-0.2, -0.15) is 4.98 Å². The molecule has 0 atom stereocenters. The summed E-state index contributed by atoms with van der Waals surface area (Å²) in [6.45, 7) is 0. The highest BCUT2D eigenvalue weighted by molar-refractivity contribution is 9.10. The first kappa shape index (κ1) is 15.5. The minimum absolute atomic E-state index is 0.0846. The second-order valence-electron chi connectivity index (χ2n) is 5.13. The number of nitrogens with zero attached hydrogens (tertiary/aromatic N) is 3. The van der Waals surface area contributed by atoms with E-state index in [9.17, 15) is 4.79 Å². The van der Waals surface area contributed by atoms with Crippen LogP contribution in [-0.4, -0.2) is 22.2 Å². The van der Waals surface area contributed by atoms with Crippen LogP contribution in [0.3, 0.4) is 0 Å². The number of hydrogen-bond donors (Lipinski definition) is 0. The van der Waals surface area contributed by atoms with Crippen molar-refractivity contribution in [2.45, 2.75) is 0 Å². The maximum absolute atomic E-state index is 12.4. The minimum atomic E-state index is -0.585. The minimum Gasteiger partial charge on any atom is -0.493 e. The van der Waals surface area contributed by atoms with E-state index in [4.69, 9.17) is 13.7 Å². The number of aromatic nitrogens is 3. The molecule has 0 unspecified atom stereocenters. The molecule has 0 saturated carbocycles.